The average Bonchev–Trinajstić information content (AvgIpc) is 2.81. The van der Waals surface area contributed by atoms with Gasteiger partial charge in [0.15, 0.2) is 5.25 Å². The van der Waals surface area contributed by atoms with Crippen molar-refractivity contribution in [1.29, 1.82) is 0 Å². The molecule has 2 aromatic rings. The number of piperidine rings is 1. The Hall–Kier alpha value is -3.00. The van der Waals surface area contributed by atoms with Crippen molar-refractivity contribution in [2.75, 3.05) is 25.5 Å². The van der Waals surface area contributed by atoms with Crippen LogP contribution in [-0.4, -0.2) is 48.1 Å². The second-order valence-corrected chi connectivity index (χ2v) is 8.78. The molecule has 0 aromatic heterocycles. The summed E-state index contributed by atoms with van der Waals surface area (Å²) >= 11 is 1.27. The van der Waals surface area contributed by atoms with Crippen LogP contribution in [0.5, 0.6) is 5.75 Å². The van der Waals surface area contributed by atoms with Crippen LogP contribution in [0.1, 0.15) is 18.4 Å². The highest BCUT2D eigenvalue weighted by molar-refractivity contribution is 8.01. The van der Waals surface area contributed by atoms with Gasteiger partial charge in [0, 0.05) is 30.1 Å². The third-order valence-corrected chi connectivity index (χ3v) is 6.86. The average molecular weight is 440 g/mol. The Balaban J connectivity index is 1.37. The number of para-hydroxylation sites is 2. The van der Waals surface area contributed by atoms with Crippen LogP contribution < -0.4 is 15.4 Å². The Morgan fingerprint density at radius 2 is 1.97 bits per heavy atom. The Bertz CT molecular complexity index is 996. The molecule has 162 valence electrons. The summed E-state index contributed by atoms with van der Waals surface area (Å²) in [6.45, 7) is 1.24. The number of carbonyl (C=O) groups is 3. The van der Waals surface area contributed by atoms with E-state index < -0.39 is 5.25 Å². The molecule has 0 spiro atoms. The number of anilines is 1. The number of nitrogens with zero attached hydrogens (tertiary/aromatic N) is 1. The predicted octanol–water partition coefficient (Wildman–Crippen LogP) is 2.66. The number of thioether (sulfide) groups is 1. The van der Waals surface area contributed by atoms with Gasteiger partial charge < -0.3 is 20.3 Å². The Morgan fingerprint density at radius 3 is 2.81 bits per heavy atom. The summed E-state index contributed by atoms with van der Waals surface area (Å²) in [6.07, 6.45) is 1.45. The van der Waals surface area contributed by atoms with E-state index in [1.54, 1.807) is 12.0 Å². The van der Waals surface area contributed by atoms with Crippen LogP contribution >= 0.6 is 11.8 Å². The highest BCUT2D eigenvalue weighted by atomic mass is 32.2. The molecular formula is C23H25N3O4S. The summed E-state index contributed by atoms with van der Waals surface area (Å²) < 4.78 is 5.33. The first kappa shape index (κ1) is 21.2. The van der Waals surface area contributed by atoms with Crippen molar-refractivity contribution in [2.45, 2.75) is 29.5 Å². The standard InChI is InChI=1S/C23H25N3O4S/c1-30-18-10-4-2-7-15(18)13-24-21(27)16-8-6-12-26(14-16)23(29)20-22(28)25-17-9-3-5-11-19(17)31-20/h2-5,7,9-11,16,20H,6,8,12-14H2,1H3,(H,24,27)(H,25,28)/t16-,20+/m0/s1. The number of ether oxygens (including phenoxy) is 1. The molecule has 2 N–H and O–H groups in total. The minimum atomic E-state index is -0.828. The number of rotatable bonds is 5. The lowest BCUT2D eigenvalue weighted by Gasteiger charge is -2.35. The first-order valence-electron chi connectivity index (χ1n) is 10.3. The molecule has 2 heterocycles. The number of carbonyl (C=O) groups excluding carboxylic acids is 3. The zero-order chi connectivity index (χ0) is 21.8. The molecule has 4 rings (SSSR count). The van der Waals surface area contributed by atoms with Crippen molar-refractivity contribution < 1.29 is 19.1 Å². The summed E-state index contributed by atoms with van der Waals surface area (Å²) in [5, 5.41) is 4.95. The smallest absolute Gasteiger partial charge is 0.247 e. The van der Waals surface area contributed by atoms with E-state index in [2.05, 4.69) is 10.6 Å². The van der Waals surface area contributed by atoms with E-state index >= 15 is 0 Å². The molecule has 2 aliphatic heterocycles. The third-order valence-electron chi connectivity index (χ3n) is 5.60. The molecule has 8 heteroatoms. The van der Waals surface area contributed by atoms with Crippen LogP contribution in [0.15, 0.2) is 53.4 Å². The Morgan fingerprint density at radius 1 is 1.19 bits per heavy atom. The number of amides is 3. The predicted molar refractivity (Wildman–Crippen MR) is 119 cm³/mol. The fraction of sp³-hybridized carbons (Fsp3) is 0.348. The van der Waals surface area contributed by atoms with Crippen molar-refractivity contribution >= 4 is 35.2 Å². The monoisotopic (exact) mass is 439 g/mol. The summed E-state index contributed by atoms with van der Waals surface area (Å²) in [6, 6.07) is 15.0. The van der Waals surface area contributed by atoms with Crippen LogP contribution in [0.2, 0.25) is 0 Å². The molecule has 2 aromatic carbocycles. The first-order chi connectivity index (χ1) is 15.1. The maximum absolute atomic E-state index is 13.1. The highest BCUT2D eigenvalue weighted by Gasteiger charge is 2.38. The van der Waals surface area contributed by atoms with E-state index in [4.69, 9.17) is 4.74 Å². The molecule has 3 amide bonds. The van der Waals surface area contributed by atoms with Crippen LogP contribution in [0.4, 0.5) is 5.69 Å². The van der Waals surface area contributed by atoms with Crippen LogP contribution in [0.25, 0.3) is 0 Å². The number of benzene rings is 2. The summed E-state index contributed by atoms with van der Waals surface area (Å²) in [4.78, 5) is 40.9. The van der Waals surface area contributed by atoms with Crippen LogP contribution in [-0.2, 0) is 20.9 Å². The summed E-state index contributed by atoms with van der Waals surface area (Å²) in [5.41, 5.74) is 1.63. The third kappa shape index (κ3) is 4.69. The molecule has 2 atom stereocenters. The second-order valence-electron chi connectivity index (χ2n) is 7.64. The quantitative estimate of drug-likeness (QED) is 0.700. The maximum Gasteiger partial charge on any atom is 0.247 e. The zero-order valence-corrected chi connectivity index (χ0v) is 18.1. The number of fused-ring (bicyclic) bond motifs is 1. The lowest BCUT2D eigenvalue weighted by atomic mass is 9.96. The maximum atomic E-state index is 13.1. The highest BCUT2D eigenvalue weighted by Crippen LogP contribution is 2.36. The normalized spacial score (nSPS) is 20.4. The van der Waals surface area contributed by atoms with E-state index in [-0.39, 0.29) is 23.6 Å². The van der Waals surface area contributed by atoms with E-state index in [1.165, 1.54) is 11.8 Å². The van der Waals surface area contributed by atoms with E-state index in [0.29, 0.717) is 26.1 Å². The fourth-order valence-electron chi connectivity index (χ4n) is 3.95. The Kier molecular flexibility index (Phi) is 6.46. The fourth-order valence-corrected chi connectivity index (χ4v) is 5.02. The van der Waals surface area contributed by atoms with Gasteiger partial charge >= 0.3 is 0 Å². The molecule has 0 aliphatic carbocycles. The van der Waals surface area contributed by atoms with E-state index in [0.717, 1.165) is 28.3 Å². The Labute approximate surface area is 185 Å². The van der Waals surface area contributed by atoms with Crippen molar-refractivity contribution in [3.05, 3.63) is 54.1 Å². The minimum Gasteiger partial charge on any atom is -0.496 e. The largest absolute Gasteiger partial charge is 0.496 e. The molecule has 7 nitrogen and oxygen atoms in total. The van der Waals surface area contributed by atoms with Gasteiger partial charge in [0.2, 0.25) is 17.7 Å². The molecule has 0 radical (unpaired) electrons. The van der Waals surface area contributed by atoms with E-state index in [9.17, 15) is 14.4 Å². The molecule has 0 saturated carbocycles. The molecule has 2 aliphatic rings. The lowest BCUT2D eigenvalue weighted by molar-refractivity contribution is -0.137. The number of methoxy groups -OCH3 is 1. The van der Waals surface area contributed by atoms with Gasteiger partial charge in [-0.25, -0.2) is 0 Å². The second kappa shape index (κ2) is 9.43. The van der Waals surface area contributed by atoms with Gasteiger partial charge in [-0.1, -0.05) is 30.3 Å². The number of nitrogens with one attached hydrogen (secondary N) is 2. The topological polar surface area (TPSA) is 87.7 Å². The lowest BCUT2D eigenvalue weighted by Crippen LogP contribution is -2.50. The number of hydrogen-bond acceptors (Lipinski definition) is 5. The van der Waals surface area contributed by atoms with Gasteiger partial charge in [-0.05, 0) is 31.0 Å². The van der Waals surface area contributed by atoms with Gasteiger partial charge in [0.25, 0.3) is 0 Å². The molecule has 1 saturated heterocycles. The zero-order valence-electron chi connectivity index (χ0n) is 17.3. The van der Waals surface area contributed by atoms with Crippen molar-refractivity contribution in [3.63, 3.8) is 0 Å². The number of hydrogen-bond donors (Lipinski definition) is 2. The van der Waals surface area contributed by atoms with Gasteiger partial charge in [0.1, 0.15) is 5.75 Å². The van der Waals surface area contributed by atoms with Gasteiger partial charge in [-0.3, -0.25) is 14.4 Å². The van der Waals surface area contributed by atoms with Crippen LogP contribution in [0.3, 0.4) is 0 Å². The molecule has 1 fully saturated rings. The van der Waals surface area contributed by atoms with Gasteiger partial charge in [-0.2, -0.15) is 0 Å². The SMILES string of the molecule is COc1ccccc1CNC(=O)[C@H]1CCCN(C(=O)[C@@H]2Sc3ccccc3NC2=O)C1. The van der Waals surface area contributed by atoms with Crippen molar-refractivity contribution in [3.8, 4) is 5.75 Å². The minimum absolute atomic E-state index is 0.0884. The molecular weight excluding hydrogens is 414 g/mol. The van der Waals surface area contributed by atoms with Gasteiger partial charge in [-0.15, -0.1) is 11.8 Å². The molecule has 0 bridgehead atoms. The number of likely N-dealkylation sites (tertiary alicyclic amines) is 1. The van der Waals surface area contributed by atoms with Crippen molar-refractivity contribution in [2.24, 2.45) is 5.92 Å². The summed E-state index contributed by atoms with van der Waals surface area (Å²) in [5.74, 6) is -0.203. The van der Waals surface area contributed by atoms with E-state index in [1.807, 2.05) is 48.5 Å². The summed E-state index contributed by atoms with van der Waals surface area (Å²) in [7, 11) is 1.60. The first-order valence-corrected chi connectivity index (χ1v) is 11.2. The molecule has 0 unspecified atom stereocenters. The van der Waals surface area contributed by atoms with Gasteiger partial charge in [0.05, 0.1) is 18.7 Å². The molecule has 31 heavy (non-hydrogen) atoms. The van der Waals surface area contributed by atoms with Crippen LogP contribution in [0, 0.1) is 5.92 Å². The van der Waals surface area contributed by atoms with Crippen molar-refractivity contribution in [1.82, 2.24) is 10.2 Å².